The second-order valence-corrected chi connectivity index (χ2v) is 6.07. The summed E-state index contributed by atoms with van der Waals surface area (Å²) in [5, 5.41) is 3.12. The van der Waals surface area contributed by atoms with E-state index in [0.29, 0.717) is 43.2 Å². The van der Waals surface area contributed by atoms with Crippen molar-refractivity contribution in [3.63, 3.8) is 0 Å². The van der Waals surface area contributed by atoms with Crippen LogP contribution in [0.3, 0.4) is 0 Å². The number of ether oxygens (including phenoxy) is 2. The number of carbonyl (C=O) groups excluding carboxylic acids is 2. The number of piperazine rings is 1. The second-order valence-electron chi connectivity index (χ2n) is 6.07. The Bertz CT molecular complexity index is 600. The molecule has 1 N–H and O–H groups in total. The molecule has 2 aliphatic rings. The summed E-state index contributed by atoms with van der Waals surface area (Å²) in [6.45, 7) is 3.79. The van der Waals surface area contributed by atoms with Crippen molar-refractivity contribution < 1.29 is 19.1 Å². The molecule has 130 valence electrons. The van der Waals surface area contributed by atoms with Crippen molar-refractivity contribution in [2.45, 2.75) is 0 Å². The molecule has 0 bridgehead atoms. The van der Waals surface area contributed by atoms with Crippen molar-refractivity contribution in [3.8, 4) is 11.5 Å². The quantitative estimate of drug-likeness (QED) is 0.853. The summed E-state index contributed by atoms with van der Waals surface area (Å²) >= 11 is 0. The van der Waals surface area contributed by atoms with Crippen molar-refractivity contribution in [1.29, 1.82) is 0 Å². The van der Waals surface area contributed by atoms with Gasteiger partial charge in [0.1, 0.15) is 11.5 Å². The van der Waals surface area contributed by atoms with E-state index >= 15 is 0 Å². The Morgan fingerprint density at radius 1 is 0.958 bits per heavy atom. The lowest BCUT2D eigenvalue weighted by atomic mass is 10.0. The molecule has 0 radical (unpaired) electrons. The molecule has 2 fully saturated rings. The number of carbonyl (C=O) groups is 2. The lowest BCUT2D eigenvalue weighted by molar-refractivity contribution is -0.138. The average Bonchev–Trinajstić information content (AvgIpc) is 2.59. The topological polar surface area (TPSA) is 71.1 Å². The number of methoxy groups -OCH3 is 2. The maximum atomic E-state index is 12.7. The van der Waals surface area contributed by atoms with Gasteiger partial charge < -0.3 is 24.6 Å². The smallest absolute Gasteiger partial charge is 0.254 e. The second kappa shape index (κ2) is 7.09. The molecule has 0 aliphatic carbocycles. The molecule has 1 aromatic carbocycles. The molecule has 1 aromatic rings. The number of hydrogen-bond donors (Lipinski definition) is 1. The van der Waals surface area contributed by atoms with E-state index in [-0.39, 0.29) is 17.7 Å². The highest BCUT2D eigenvalue weighted by Gasteiger charge is 2.32. The SMILES string of the molecule is COc1cc(OC)cc(C(=O)N2CCN(C(=O)C3CNC3)CC2)c1. The summed E-state index contributed by atoms with van der Waals surface area (Å²) < 4.78 is 10.4. The zero-order valence-corrected chi connectivity index (χ0v) is 14.1. The fourth-order valence-electron chi connectivity index (χ4n) is 2.96. The highest BCUT2D eigenvalue weighted by Crippen LogP contribution is 2.24. The van der Waals surface area contributed by atoms with E-state index in [1.54, 1.807) is 37.3 Å². The van der Waals surface area contributed by atoms with Crippen LogP contribution in [0, 0.1) is 5.92 Å². The van der Waals surface area contributed by atoms with Crippen LogP contribution >= 0.6 is 0 Å². The Balaban J connectivity index is 1.63. The van der Waals surface area contributed by atoms with E-state index < -0.39 is 0 Å². The number of hydrogen-bond acceptors (Lipinski definition) is 5. The Morgan fingerprint density at radius 2 is 1.50 bits per heavy atom. The van der Waals surface area contributed by atoms with Gasteiger partial charge in [-0.25, -0.2) is 0 Å². The molecule has 0 saturated carbocycles. The Hall–Kier alpha value is -2.28. The van der Waals surface area contributed by atoms with Crippen LogP contribution in [-0.2, 0) is 4.79 Å². The largest absolute Gasteiger partial charge is 0.497 e. The van der Waals surface area contributed by atoms with Gasteiger partial charge in [0, 0.05) is 50.9 Å². The highest BCUT2D eigenvalue weighted by molar-refractivity contribution is 5.95. The minimum absolute atomic E-state index is 0.0652. The maximum Gasteiger partial charge on any atom is 0.254 e. The molecular weight excluding hydrogens is 310 g/mol. The summed E-state index contributed by atoms with van der Waals surface area (Å²) in [6, 6.07) is 5.16. The molecule has 3 rings (SSSR count). The van der Waals surface area contributed by atoms with Crippen LogP contribution in [0.25, 0.3) is 0 Å². The van der Waals surface area contributed by atoms with Gasteiger partial charge in [0.05, 0.1) is 20.1 Å². The van der Waals surface area contributed by atoms with Crippen LogP contribution in [-0.4, -0.2) is 75.1 Å². The Morgan fingerprint density at radius 3 is 1.96 bits per heavy atom. The summed E-state index contributed by atoms with van der Waals surface area (Å²) in [7, 11) is 3.12. The number of rotatable bonds is 4. The van der Waals surface area contributed by atoms with Crippen LogP contribution in [0.1, 0.15) is 10.4 Å². The molecule has 24 heavy (non-hydrogen) atoms. The fraction of sp³-hybridized carbons (Fsp3) is 0.529. The van der Waals surface area contributed by atoms with E-state index in [4.69, 9.17) is 9.47 Å². The Labute approximate surface area is 141 Å². The van der Waals surface area contributed by atoms with Crippen LogP contribution in [0.4, 0.5) is 0 Å². The van der Waals surface area contributed by atoms with Crippen LogP contribution in [0.5, 0.6) is 11.5 Å². The first-order valence-corrected chi connectivity index (χ1v) is 8.14. The lowest BCUT2D eigenvalue weighted by Gasteiger charge is -2.38. The monoisotopic (exact) mass is 333 g/mol. The van der Waals surface area contributed by atoms with Crippen molar-refractivity contribution in [1.82, 2.24) is 15.1 Å². The third-order valence-corrected chi connectivity index (χ3v) is 4.61. The summed E-state index contributed by atoms with van der Waals surface area (Å²) in [5.41, 5.74) is 0.536. The van der Waals surface area contributed by atoms with Gasteiger partial charge in [-0.05, 0) is 12.1 Å². The third-order valence-electron chi connectivity index (χ3n) is 4.61. The average molecular weight is 333 g/mol. The minimum Gasteiger partial charge on any atom is -0.497 e. The predicted molar refractivity (Wildman–Crippen MR) is 88.4 cm³/mol. The third kappa shape index (κ3) is 3.31. The van der Waals surface area contributed by atoms with E-state index in [1.807, 2.05) is 4.90 Å². The summed E-state index contributed by atoms with van der Waals surface area (Å²) in [5.74, 6) is 1.41. The molecule has 2 aliphatic heterocycles. The zero-order chi connectivity index (χ0) is 17.1. The maximum absolute atomic E-state index is 12.7. The lowest BCUT2D eigenvalue weighted by Crippen LogP contribution is -2.57. The molecule has 2 heterocycles. The fourth-order valence-corrected chi connectivity index (χ4v) is 2.96. The van der Waals surface area contributed by atoms with Gasteiger partial charge in [0.2, 0.25) is 5.91 Å². The van der Waals surface area contributed by atoms with Crippen LogP contribution in [0.2, 0.25) is 0 Å². The molecular formula is C17H23N3O4. The van der Waals surface area contributed by atoms with E-state index in [2.05, 4.69) is 5.32 Å². The van der Waals surface area contributed by atoms with E-state index in [1.165, 1.54) is 0 Å². The van der Waals surface area contributed by atoms with Gasteiger partial charge >= 0.3 is 0 Å². The standard InChI is InChI=1S/C17H23N3O4/c1-23-14-7-12(8-15(9-14)24-2)16(21)19-3-5-20(6-4-19)17(22)13-10-18-11-13/h7-9,13,18H,3-6,10-11H2,1-2H3. The number of nitrogens with zero attached hydrogens (tertiary/aromatic N) is 2. The van der Waals surface area contributed by atoms with Crippen molar-refractivity contribution in [3.05, 3.63) is 23.8 Å². The van der Waals surface area contributed by atoms with Crippen molar-refractivity contribution >= 4 is 11.8 Å². The molecule has 0 aromatic heterocycles. The normalized spacial score (nSPS) is 18.1. The van der Waals surface area contributed by atoms with Gasteiger partial charge in [0.25, 0.3) is 5.91 Å². The first-order chi connectivity index (χ1) is 11.6. The highest BCUT2D eigenvalue weighted by atomic mass is 16.5. The number of nitrogens with one attached hydrogen (secondary N) is 1. The number of benzene rings is 1. The molecule has 0 unspecified atom stereocenters. The molecule has 7 nitrogen and oxygen atoms in total. The van der Waals surface area contributed by atoms with Gasteiger partial charge in [-0.15, -0.1) is 0 Å². The Kier molecular flexibility index (Phi) is 4.89. The molecule has 0 atom stereocenters. The van der Waals surface area contributed by atoms with Crippen LogP contribution < -0.4 is 14.8 Å². The number of amides is 2. The van der Waals surface area contributed by atoms with Gasteiger partial charge in [0.15, 0.2) is 0 Å². The molecule has 7 heteroatoms. The first kappa shape index (κ1) is 16.6. The van der Waals surface area contributed by atoms with E-state index in [9.17, 15) is 9.59 Å². The molecule has 2 amide bonds. The first-order valence-electron chi connectivity index (χ1n) is 8.14. The zero-order valence-electron chi connectivity index (χ0n) is 14.1. The molecule has 2 saturated heterocycles. The predicted octanol–water partition coefficient (Wildman–Crippen LogP) is 0.208. The van der Waals surface area contributed by atoms with Gasteiger partial charge in [-0.2, -0.15) is 0 Å². The van der Waals surface area contributed by atoms with E-state index in [0.717, 1.165) is 13.1 Å². The van der Waals surface area contributed by atoms with Gasteiger partial charge in [-0.3, -0.25) is 9.59 Å². The van der Waals surface area contributed by atoms with Crippen molar-refractivity contribution in [2.24, 2.45) is 5.92 Å². The molecule has 0 spiro atoms. The summed E-state index contributed by atoms with van der Waals surface area (Å²) in [4.78, 5) is 28.6. The van der Waals surface area contributed by atoms with Gasteiger partial charge in [-0.1, -0.05) is 0 Å². The van der Waals surface area contributed by atoms with Crippen LogP contribution in [0.15, 0.2) is 18.2 Å². The minimum atomic E-state index is -0.0652. The summed E-state index contributed by atoms with van der Waals surface area (Å²) in [6.07, 6.45) is 0. The van der Waals surface area contributed by atoms with Crippen molar-refractivity contribution in [2.75, 3.05) is 53.5 Å².